The van der Waals surface area contributed by atoms with Crippen LogP contribution >= 0.6 is 0 Å². The van der Waals surface area contributed by atoms with E-state index >= 15 is 0 Å². The summed E-state index contributed by atoms with van der Waals surface area (Å²) in [4.78, 5) is 31.4. The fourth-order valence-electron chi connectivity index (χ4n) is 3.82. The Balaban J connectivity index is 1.38. The van der Waals surface area contributed by atoms with Crippen LogP contribution in [0.15, 0.2) is 65.2 Å². The van der Waals surface area contributed by atoms with Gasteiger partial charge in [0.25, 0.3) is 0 Å². The van der Waals surface area contributed by atoms with Crippen molar-refractivity contribution >= 4 is 17.5 Å². The number of likely N-dealkylation sites (tertiary alicyclic amines) is 1. The molecule has 0 radical (unpaired) electrons. The summed E-state index contributed by atoms with van der Waals surface area (Å²) in [6.45, 7) is 6.53. The molecule has 160 valence electrons. The molecule has 0 saturated carbocycles. The molecule has 2 unspecified atom stereocenters. The van der Waals surface area contributed by atoms with Crippen molar-refractivity contribution in [2.45, 2.75) is 39.2 Å². The molecule has 4 rings (SSSR count). The topological polar surface area (TPSA) is 75.4 Å². The van der Waals surface area contributed by atoms with E-state index in [1.807, 2.05) is 61.5 Å². The highest BCUT2D eigenvalue weighted by atomic mass is 16.4. The number of carbonyl (C=O) groups is 2. The third-order valence-corrected chi connectivity index (χ3v) is 5.77. The molecule has 1 aliphatic heterocycles. The van der Waals surface area contributed by atoms with Gasteiger partial charge in [0.15, 0.2) is 0 Å². The van der Waals surface area contributed by atoms with Gasteiger partial charge in [0, 0.05) is 30.1 Å². The van der Waals surface area contributed by atoms with Crippen molar-refractivity contribution < 1.29 is 14.0 Å². The van der Waals surface area contributed by atoms with E-state index in [0.29, 0.717) is 18.1 Å². The van der Waals surface area contributed by atoms with Gasteiger partial charge in [-0.15, -0.1) is 0 Å². The number of rotatable bonds is 6. The van der Waals surface area contributed by atoms with Gasteiger partial charge in [-0.2, -0.15) is 0 Å². The molecule has 1 aromatic heterocycles. The molecular weight excluding hydrogens is 390 g/mol. The Morgan fingerprint density at radius 2 is 1.81 bits per heavy atom. The number of amides is 2. The van der Waals surface area contributed by atoms with Crippen molar-refractivity contribution in [3.63, 3.8) is 0 Å². The summed E-state index contributed by atoms with van der Waals surface area (Å²) >= 11 is 0. The summed E-state index contributed by atoms with van der Waals surface area (Å²) in [5.74, 6) is 1.19. The van der Waals surface area contributed by atoms with Gasteiger partial charge < -0.3 is 14.6 Å². The molecule has 1 aliphatic rings. The summed E-state index contributed by atoms with van der Waals surface area (Å²) in [5, 5.41) is 2.94. The van der Waals surface area contributed by atoms with Crippen molar-refractivity contribution in [2.24, 2.45) is 5.92 Å². The number of hydrogen-bond acceptors (Lipinski definition) is 4. The minimum Gasteiger partial charge on any atom is -0.441 e. The largest absolute Gasteiger partial charge is 0.441 e. The number of oxazole rings is 1. The van der Waals surface area contributed by atoms with E-state index in [4.69, 9.17) is 4.42 Å². The Kier molecular flexibility index (Phi) is 5.89. The highest BCUT2D eigenvalue weighted by Gasteiger charge is 2.37. The van der Waals surface area contributed by atoms with Gasteiger partial charge in [-0.1, -0.05) is 44.2 Å². The Morgan fingerprint density at radius 3 is 2.45 bits per heavy atom. The minimum atomic E-state index is -0.362. The van der Waals surface area contributed by atoms with Gasteiger partial charge in [0.1, 0.15) is 5.76 Å². The predicted molar refractivity (Wildman–Crippen MR) is 119 cm³/mol. The normalized spacial score (nSPS) is 17.2. The SMILES string of the molecule is CC(C)c1cnc(-c2ccc(NC(=O)C3CC(=O)N(C(C)c4ccccc4)C3)cc2)o1. The van der Waals surface area contributed by atoms with Gasteiger partial charge in [-0.05, 0) is 36.8 Å². The van der Waals surface area contributed by atoms with Crippen molar-refractivity contribution in [1.29, 1.82) is 0 Å². The lowest BCUT2D eigenvalue weighted by atomic mass is 10.1. The van der Waals surface area contributed by atoms with E-state index in [-0.39, 0.29) is 36.1 Å². The zero-order valence-corrected chi connectivity index (χ0v) is 18.0. The number of nitrogens with zero attached hydrogens (tertiary/aromatic N) is 2. The van der Waals surface area contributed by atoms with Crippen LogP contribution < -0.4 is 5.32 Å². The Hall–Kier alpha value is -3.41. The number of anilines is 1. The molecule has 3 aromatic rings. The lowest BCUT2D eigenvalue weighted by Crippen LogP contribution is -2.30. The first-order valence-corrected chi connectivity index (χ1v) is 10.6. The zero-order chi connectivity index (χ0) is 22.0. The molecular formula is C25H27N3O3. The first-order chi connectivity index (χ1) is 14.9. The van der Waals surface area contributed by atoms with E-state index in [9.17, 15) is 9.59 Å². The molecule has 1 N–H and O–H groups in total. The predicted octanol–water partition coefficient (Wildman–Crippen LogP) is 5.01. The molecule has 1 saturated heterocycles. The fourth-order valence-corrected chi connectivity index (χ4v) is 3.82. The van der Waals surface area contributed by atoms with Crippen LogP contribution in [0.25, 0.3) is 11.5 Å². The highest BCUT2D eigenvalue weighted by molar-refractivity contribution is 5.97. The second kappa shape index (κ2) is 8.76. The molecule has 0 aliphatic carbocycles. The number of carbonyl (C=O) groups excluding carboxylic acids is 2. The molecule has 2 heterocycles. The van der Waals surface area contributed by atoms with Crippen molar-refractivity contribution in [1.82, 2.24) is 9.88 Å². The van der Waals surface area contributed by atoms with Gasteiger partial charge >= 0.3 is 0 Å². The molecule has 6 heteroatoms. The Morgan fingerprint density at radius 1 is 1.10 bits per heavy atom. The second-order valence-electron chi connectivity index (χ2n) is 8.32. The average molecular weight is 418 g/mol. The maximum atomic E-state index is 12.8. The summed E-state index contributed by atoms with van der Waals surface area (Å²) in [6.07, 6.45) is 1.98. The Bertz CT molecular complexity index is 1060. The lowest BCUT2D eigenvalue weighted by Gasteiger charge is -2.25. The average Bonchev–Trinajstić information content (AvgIpc) is 3.42. The van der Waals surface area contributed by atoms with Crippen LogP contribution in [-0.4, -0.2) is 28.2 Å². The molecule has 2 atom stereocenters. The maximum absolute atomic E-state index is 12.8. The van der Waals surface area contributed by atoms with Gasteiger partial charge in [0.2, 0.25) is 17.7 Å². The maximum Gasteiger partial charge on any atom is 0.229 e. The van der Waals surface area contributed by atoms with E-state index in [1.165, 1.54) is 0 Å². The van der Waals surface area contributed by atoms with E-state index in [2.05, 4.69) is 24.1 Å². The second-order valence-corrected chi connectivity index (χ2v) is 8.32. The molecule has 1 fully saturated rings. The van der Waals surface area contributed by atoms with Crippen LogP contribution in [0.4, 0.5) is 5.69 Å². The number of hydrogen-bond donors (Lipinski definition) is 1. The van der Waals surface area contributed by atoms with Gasteiger partial charge in [0.05, 0.1) is 18.2 Å². The molecule has 6 nitrogen and oxygen atoms in total. The van der Waals surface area contributed by atoms with Gasteiger partial charge in [-0.3, -0.25) is 9.59 Å². The van der Waals surface area contributed by atoms with Crippen LogP contribution in [0.3, 0.4) is 0 Å². The van der Waals surface area contributed by atoms with Crippen LogP contribution in [-0.2, 0) is 9.59 Å². The van der Waals surface area contributed by atoms with Crippen LogP contribution in [0.2, 0.25) is 0 Å². The van der Waals surface area contributed by atoms with Crippen molar-refractivity contribution in [2.75, 3.05) is 11.9 Å². The summed E-state index contributed by atoms with van der Waals surface area (Å²) in [5.41, 5.74) is 2.61. The molecule has 2 aromatic carbocycles. The lowest BCUT2D eigenvalue weighted by molar-refractivity contribution is -0.129. The smallest absolute Gasteiger partial charge is 0.229 e. The first-order valence-electron chi connectivity index (χ1n) is 10.6. The number of aromatic nitrogens is 1. The number of nitrogens with one attached hydrogen (secondary N) is 1. The zero-order valence-electron chi connectivity index (χ0n) is 18.0. The van der Waals surface area contributed by atoms with E-state index < -0.39 is 0 Å². The van der Waals surface area contributed by atoms with Crippen LogP contribution in [0, 0.1) is 5.92 Å². The monoisotopic (exact) mass is 417 g/mol. The molecule has 2 amide bonds. The minimum absolute atomic E-state index is 0.0108. The summed E-state index contributed by atoms with van der Waals surface area (Å²) in [6, 6.07) is 17.2. The quantitative estimate of drug-likeness (QED) is 0.611. The van der Waals surface area contributed by atoms with E-state index in [1.54, 1.807) is 11.1 Å². The molecule has 31 heavy (non-hydrogen) atoms. The van der Waals surface area contributed by atoms with E-state index in [0.717, 1.165) is 16.9 Å². The molecule has 0 bridgehead atoms. The summed E-state index contributed by atoms with van der Waals surface area (Å²) in [7, 11) is 0. The van der Waals surface area contributed by atoms with Gasteiger partial charge in [-0.25, -0.2) is 4.98 Å². The summed E-state index contributed by atoms with van der Waals surface area (Å²) < 4.78 is 5.77. The van der Waals surface area contributed by atoms with Crippen LogP contribution in [0.1, 0.15) is 50.5 Å². The Labute approximate surface area is 182 Å². The standard InChI is InChI=1S/C25H27N3O3/c1-16(2)22-14-26-25(31-22)19-9-11-21(12-10-19)27-24(30)20-13-23(29)28(15-20)17(3)18-7-5-4-6-8-18/h4-12,14,16-17,20H,13,15H2,1-3H3,(H,27,30). The van der Waals surface area contributed by atoms with Crippen molar-refractivity contribution in [3.05, 3.63) is 72.1 Å². The highest BCUT2D eigenvalue weighted by Crippen LogP contribution is 2.29. The third kappa shape index (κ3) is 4.53. The molecule has 0 spiro atoms. The van der Waals surface area contributed by atoms with Crippen molar-refractivity contribution in [3.8, 4) is 11.5 Å². The number of benzene rings is 2. The third-order valence-electron chi connectivity index (χ3n) is 5.77. The first kappa shape index (κ1) is 20.8. The van der Waals surface area contributed by atoms with Crippen LogP contribution in [0.5, 0.6) is 0 Å². The fraction of sp³-hybridized carbons (Fsp3) is 0.320.